The fraction of sp³-hybridized carbons (Fsp3) is 0.500. The summed E-state index contributed by atoms with van der Waals surface area (Å²) in [4.78, 5) is 0.285. The van der Waals surface area contributed by atoms with Gasteiger partial charge in [-0.1, -0.05) is 22.9 Å². The Morgan fingerprint density at radius 1 is 1.33 bits per heavy atom. The smallest absolute Gasteiger partial charge is 0.211 e. The second-order valence-electron chi connectivity index (χ2n) is 4.86. The summed E-state index contributed by atoms with van der Waals surface area (Å²) >= 11 is 6.67. The third kappa shape index (κ3) is 3.15. The van der Waals surface area contributed by atoms with Crippen LogP contribution in [0.2, 0.25) is 0 Å². The van der Waals surface area contributed by atoms with E-state index >= 15 is 0 Å². The van der Waals surface area contributed by atoms with Crippen LogP contribution in [0.15, 0.2) is 26.0 Å². The minimum atomic E-state index is -3.44. The number of rotatable bonds is 4. The maximum atomic E-state index is 12.2. The van der Waals surface area contributed by atoms with Crippen LogP contribution >= 0.6 is 31.9 Å². The first kappa shape index (κ1) is 14.5. The van der Waals surface area contributed by atoms with E-state index in [4.69, 9.17) is 0 Å². The summed E-state index contributed by atoms with van der Waals surface area (Å²) < 4.78 is 28.5. The topological polar surface area (TPSA) is 46.2 Å². The van der Waals surface area contributed by atoms with Crippen LogP contribution in [0.5, 0.6) is 0 Å². The molecule has 0 bridgehead atoms. The highest BCUT2D eigenvalue weighted by Gasteiger charge is 2.33. The molecule has 0 amide bonds. The molecule has 1 N–H and O–H groups in total. The molecule has 3 nitrogen and oxygen atoms in total. The van der Waals surface area contributed by atoms with E-state index in [0.717, 1.165) is 16.5 Å². The highest BCUT2D eigenvalue weighted by atomic mass is 79.9. The molecular weight excluding hydrogens is 382 g/mol. The molecule has 1 fully saturated rings. The van der Waals surface area contributed by atoms with Crippen molar-refractivity contribution < 1.29 is 8.42 Å². The Hall–Kier alpha value is 0.0900. The van der Waals surface area contributed by atoms with Crippen LogP contribution in [0, 0.1) is 18.8 Å². The Bertz CT molecular complexity index is 572. The van der Waals surface area contributed by atoms with Gasteiger partial charge in [0, 0.05) is 15.5 Å². The summed E-state index contributed by atoms with van der Waals surface area (Å²) in [6.45, 7) is 4.59. The fourth-order valence-corrected chi connectivity index (χ4v) is 4.58. The highest BCUT2D eigenvalue weighted by molar-refractivity contribution is 9.11. The molecule has 2 unspecified atom stereocenters. The molecule has 2 atom stereocenters. The van der Waals surface area contributed by atoms with Gasteiger partial charge in [0.05, 0.1) is 4.90 Å². The number of halogens is 2. The molecule has 2 rings (SSSR count). The van der Waals surface area contributed by atoms with Gasteiger partial charge in [0.25, 0.3) is 0 Å². The minimum Gasteiger partial charge on any atom is -0.211 e. The molecule has 1 saturated carbocycles. The van der Waals surface area contributed by atoms with E-state index in [-0.39, 0.29) is 4.90 Å². The normalized spacial score (nSPS) is 23.1. The summed E-state index contributed by atoms with van der Waals surface area (Å²) in [6.07, 6.45) is 1.11. The maximum absolute atomic E-state index is 12.2. The summed E-state index contributed by atoms with van der Waals surface area (Å²) in [7, 11) is -3.44. The Labute approximate surface area is 125 Å². The molecule has 0 spiro atoms. The van der Waals surface area contributed by atoms with Crippen molar-refractivity contribution in [2.24, 2.45) is 11.8 Å². The Morgan fingerprint density at radius 3 is 2.50 bits per heavy atom. The van der Waals surface area contributed by atoms with Crippen LogP contribution in [-0.4, -0.2) is 15.0 Å². The lowest BCUT2D eigenvalue weighted by molar-refractivity contribution is 0.574. The molecule has 0 radical (unpaired) electrons. The summed E-state index contributed by atoms with van der Waals surface area (Å²) in [5.41, 5.74) is 0.997. The third-order valence-corrected chi connectivity index (χ3v) is 6.55. The van der Waals surface area contributed by atoms with Gasteiger partial charge in [-0.05, 0) is 58.8 Å². The van der Waals surface area contributed by atoms with Crippen molar-refractivity contribution in [3.8, 4) is 0 Å². The number of sulfonamides is 1. The highest BCUT2D eigenvalue weighted by Crippen LogP contribution is 2.37. The van der Waals surface area contributed by atoms with Gasteiger partial charge >= 0.3 is 0 Å². The van der Waals surface area contributed by atoms with Gasteiger partial charge in [0.15, 0.2) is 0 Å². The van der Waals surface area contributed by atoms with Gasteiger partial charge in [0.1, 0.15) is 0 Å². The Kier molecular flexibility index (Phi) is 4.21. The number of nitrogens with one attached hydrogen (secondary N) is 1. The van der Waals surface area contributed by atoms with E-state index in [0.29, 0.717) is 22.9 Å². The van der Waals surface area contributed by atoms with Gasteiger partial charge in [-0.25, -0.2) is 13.1 Å². The second kappa shape index (κ2) is 5.23. The molecule has 100 valence electrons. The third-order valence-electron chi connectivity index (χ3n) is 3.31. The summed E-state index contributed by atoms with van der Waals surface area (Å²) in [5, 5.41) is 0. The SMILES string of the molecule is Cc1cc(Br)c(S(=O)(=O)NCC2CC2C)cc1Br. The lowest BCUT2D eigenvalue weighted by Gasteiger charge is -2.10. The summed E-state index contributed by atoms with van der Waals surface area (Å²) in [5.74, 6) is 1.13. The van der Waals surface area contributed by atoms with E-state index in [1.54, 1.807) is 12.1 Å². The van der Waals surface area contributed by atoms with Crippen LogP contribution in [-0.2, 0) is 10.0 Å². The summed E-state index contributed by atoms with van der Waals surface area (Å²) in [6, 6.07) is 3.44. The first-order valence-corrected chi connectivity index (χ1v) is 8.83. The van der Waals surface area contributed by atoms with Gasteiger partial charge in [-0.2, -0.15) is 0 Å². The van der Waals surface area contributed by atoms with E-state index in [1.807, 2.05) is 6.92 Å². The fourth-order valence-electron chi connectivity index (χ4n) is 1.81. The van der Waals surface area contributed by atoms with Gasteiger partial charge in [0.2, 0.25) is 10.0 Å². The Morgan fingerprint density at radius 2 is 1.94 bits per heavy atom. The van der Waals surface area contributed by atoms with Crippen LogP contribution in [0.4, 0.5) is 0 Å². The van der Waals surface area contributed by atoms with E-state index in [2.05, 4.69) is 43.5 Å². The molecule has 1 aliphatic rings. The standard InChI is InChI=1S/C12H15Br2NO2S/c1-7-3-9(7)6-15-18(16,17)12-5-10(13)8(2)4-11(12)14/h4-5,7,9,15H,3,6H2,1-2H3. The number of benzene rings is 1. The number of hydrogen-bond acceptors (Lipinski definition) is 2. The Balaban J connectivity index is 2.21. The van der Waals surface area contributed by atoms with Gasteiger partial charge in [-0.15, -0.1) is 0 Å². The van der Waals surface area contributed by atoms with Crippen LogP contribution in [0.25, 0.3) is 0 Å². The minimum absolute atomic E-state index is 0.285. The van der Waals surface area contributed by atoms with Crippen molar-refractivity contribution in [1.82, 2.24) is 4.72 Å². The zero-order valence-electron chi connectivity index (χ0n) is 10.2. The van der Waals surface area contributed by atoms with Crippen molar-refractivity contribution in [1.29, 1.82) is 0 Å². The number of hydrogen-bond donors (Lipinski definition) is 1. The quantitative estimate of drug-likeness (QED) is 0.846. The molecule has 0 saturated heterocycles. The predicted octanol–water partition coefficient (Wildman–Crippen LogP) is 3.45. The van der Waals surface area contributed by atoms with Crippen LogP contribution in [0.3, 0.4) is 0 Å². The van der Waals surface area contributed by atoms with Crippen molar-refractivity contribution in [3.05, 3.63) is 26.6 Å². The van der Waals surface area contributed by atoms with Gasteiger partial charge < -0.3 is 0 Å². The zero-order valence-corrected chi connectivity index (χ0v) is 14.2. The lowest BCUT2D eigenvalue weighted by atomic mass is 10.2. The molecule has 1 aromatic rings. The molecule has 0 aromatic heterocycles. The molecule has 6 heteroatoms. The lowest BCUT2D eigenvalue weighted by Crippen LogP contribution is -2.26. The van der Waals surface area contributed by atoms with Crippen molar-refractivity contribution in [2.45, 2.75) is 25.2 Å². The molecule has 18 heavy (non-hydrogen) atoms. The second-order valence-corrected chi connectivity index (χ2v) is 8.30. The molecule has 0 heterocycles. The first-order valence-electron chi connectivity index (χ1n) is 5.76. The largest absolute Gasteiger partial charge is 0.241 e. The van der Waals surface area contributed by atoms with E-state index < -0.39 is 10.0 Å². The van der Waals surface area contributed by atoms with Crippen molar-refractivity contribution >= 4 is 41.9 Å². The predicted molar refractivity (Wildman–Crippen MR) is 79.0 cm³/mol. The monoisotopic (exact) mass is 395 g/mol. The number of aryl methyl sites for hydroxylation is 1. The molecule has 1 aliphatic carbocycles. The average Bonchev–Trinajstić information content (AvgIpc) is 2.97. The van der Waals surface area contributed by atoms with Crippen LogP contribution < -0.4 is 4.72 Å². The molecule has 1 aromatic carbocycles. The van der Waals surface area contributed by atoms with Crippen molar-refractivity contribution in [3.63, 3.8) is 0 Å². The molecule has 0 aliphatic heterocycles. The van der Waals surface area contributed by atoms with E-state index in [1.165, 1.54) is 0 Å². The maximum Gasteiger partial charge on any atom is 0.241 e. The first-order chi connectivity index (χ1) is 8.31. The molecular formula is C12H15Br2NO2S. The van der Waals surface area contributed by atoms with Crippen molar-refractivity contribution in [2.75, 3.05) is 6.54 Å². The average molecular weight is 397 g/mol. The van der Waals surface area contributed by atoms with Crippen LogP contribution in [0.1, 0.15) is 18.9 Å². The zero-order chi connectivity index (χ0) is 13.5. The van der Waals surface area contributed by atoms with E-state index in [9.17, 15) is 8.42 Å². The van der Waals surface area contributed by atoms with Gasteiger partial charge in [-0.3, -0.25) is 0 Å².